The second-order valence-corrected chi connectivity index (χ2v) is 7.12. The number of aromatic nitrogens is 3. The van der Waals surface area contributed by atoms with E-state index in [-0.39, 0.29) is 29.9 Å². The Morgan fingerprint density at radius 3 is 2.64 bits per heavy atom. The zero-order chi connectivity index (χ0) is 20.4. The molecule has 0 bridgehead atoms. The molecule has 3 rings (SSSR count). The molecule has 0 radical (unpaired) electrons. The highest BCUT2D eigenvalue weighted by molar-refractivity contribution is 5.87. The first kappa shape index (κ1) is 19.8. The van der Waals surface area contributed by atoms with Crippen LogP contribution in [0.5, 0.6) is 0 Å². The summed E-state index contributed by atoms with van der Waals surface area (Å²) in [6.45, 7) is 7.81. The van der Waals surface area contributed by atoms with Gasteiger partial charge in [0, 0.05) is 28.4 Å². The molecule has 28 heavy (non-hydrogen) atoms. The van der Waals surface area contributed by atoms with E-state index >= 15 is 0 Å². The average molecular weight is 384 g/mol. The third-order valence-electron chi connectivity index (χ3n) is 5.20. The third-order valence-corrected chi connectivity index (χ3v) is 5.20. The molecule has 1 amide bonds. The Bertz CT molecular complexity index is 1080. The Morgan fingerprint density at radius 1 is 1.25 bits per heavy atom. The van der Waals surface area contributed by atoms with Gasteiger partial charge in [-0.3, -0.25) is 9.59 Å². The highest BCUT2D eigenvalue weighted by Gasteiger charge is 2.18. The summed E-state index contributed by atoms with van der Waals surface area (Å²) in [5.41, 5.74) is 1.82. The number of carbonyl (C=O) groups is 1. The fourth-order valence-electron chi connectivity index (χ4n) is 3.35. The molecule has 0 aliphatic carbocycles. The quantitative estimate of drug-likeness (QED) is 0.710. The van der Waals surface area contributed by atoms with Crippen LogP contribution in [0.2, 0.25) is 0 Å². The van der Waals surface area contributed by atoms with Crippen LogP contribution < -0.4 is 10.9 Å². The van der Waals surface area contributed by atoms with Gasteiger partial charge in [-0.05, 0) is 33.3 Å². The van der Waals surface area contributed by atoms with Gasteiger partial charge in [-0.25, -0.2) is 9.07 Å². The maximum atomic E-state index is 14.1. The normalized spacial score (nSPS) is 12.3. The van der Waals surface area contributed by atoms with Crippen molar-refractivity contribution in [1.29, 1.82) is 0 Å². The van der Waals surface area contributed by atoms with E-state index in [1.54, 1.807) is 24.4 Å². The lowest BCUT2D eigenvalue weighted by atomic mass is 10.2. The highest BCUT2D eigenvalue weighted by Crippen LogP contribution is 2.23. The van der Waals surface area contributed by atoms with E-state index < -0.39 is 0 Å². The van der Waals surface area contributed by atoms with E-state index in [1.807, 2.05) is 32.3 Å². The summed E-state index contributed by atoms with van der Waals surface area (Å²) in [6, 6.07) is 6.63. The van der Waals surface area contributed by atoms with Gasteiger partial charge in [-0.15, -0.1) is 0 Å². The van der Waals surface area contributed by atoms with Crippen LogP contribution in [-0.2, 0) is 17.9 Å². The Hall–Kier alpha value is -2.96. The molecule has 0 aliphatic heterocycles. The van der Waals surface area contributed by atoms with E-state index in [2.05, 4.69) is 10.4 Å². The van der Waals surface area contributed by atoms with E-state index in [1.165, 1.54) is 10.7 Å². The van der Waals surface area contributed by atoms with Crippen molar-refractivity contribution in [3.8, 4) is 0 Å². The molecule has 7 heteroatoms. The maximum Gasteiger partial charge on any atom is 0.276 e. The Balaban J connectivity index is 1.99. The minimum atomic E-state index is -0.315. The average Bonchev–Trinajstić information content (AvgIpc) is 2.90. The van der Waals surface area contributed by atoms with Crippen molar-refractivity contribution >= 4 is 16.7 Å². The summed E-state index contributed by atoms with van der Waals surface area (Å²) in [7, 11) is 0. The van der Waals surface area contributed by atoms with E-state index in [0.717, 1.165) is 23.2 Å². The molecule has 1 N–H and O–H groups in total. The third kappa shape index (κ3) is 3.69. The summed E-state index contributed by atoms with van der Waals surface area (Å²) in [6.07, 6.45) is 2.41. The molecule has 0 spiro atoms. The number of halogens is 1. The van der Waals surface area contributed by atoms with Crippen molar-refractivity contribution in [2.24, 2.45) is 0 Å². The van der Waals surface area contributed by atoms with Gasteiger partial charge in [0.25, 0.3) is 5.56 Å². The molecule has 1 atom stereocenters. The number of hydrogen-bond acceptors (Lipinski definition) is 3. The standard InChI is InChI=1S/C21H25FN4O2/c1-5-13(2)24-19(27)12-26-21(28)20-15(4)25(14(3)17(20)10-23-26)11-16-8-6-7-9-18(16)22/h6-10,13H,5,11-12H2,1-4H3,(H,24,27). The van der Waals surface area contributed by atoms with Gasteiger partial charge in [0.2, 0.25) is 5.91 Å². The van der Waals surface area contributed by atoms with Crippen molar-refractivity contribution in [2.45, 2.75) is 53.2 Å². The second-order valence-electron chi connectivity index (χ2n) is 7.12. The molecule has 148 valence electrons. The van der Waals surface area contributed by atoms with Gasteiger partial charge < -0.3 is 9.88 Å². The van der Waals surface area contributed by atoms with E-state index in [4.69, 9.17) is 0 Å². The fourth-order valence-corrected chi connectivity index (χ4v) is 3.35. The van der Waals surface area contributed by atoms with Crippen LogP contribution in [0.1, 0.15) is 37.2 Å². The number of amides is 1. The van der Waals surface area contributed by atoms with Crippen molar-refractivity contribution in [2.75, 3.05) is 0 Å². The molecule has 2 heterocycles. The molecular formula is C21H25FN4O2. The van der Waals surface area contributed by atoms with E-state index in [0.29, 0.717) is 17.5 Å². The lowest BCUT2D eigenvalue weighted by molar-refractivity contribution is -0.122. The van der Waals surface area contributed by atoms with Crippen LogP contribution in [0.15, 0.2) is 35.3 Å². The molecule has 0 aliphatic rings. The predicted octanol–water partition coefficient (Wildman–Crippen LogP) is 2.92. The largest absolute Gasteiger partial charge is 0.352 e. The number of aryl methyl sites for hydroxylation is 2. The minimum Gasteiger partial charge on any atom is -0.352 e. The van der Waals surface area contributed by atoms with Crippen LogP contribution in [0, 0.1) is 19.7 Å². The van der Waals surface area contributed by atoms with Crippen molar-refractivity contribution in [1.82, 2.24) is 19.7 Å². The lowest BCUT2D eigenvalue weighted by Gasteiger charge is -2.11. The number of nitrogens with zero attached hydrogens (tertiary/aromatic N) is 3. The summed E-state index contributed by atoms with van der Waals surface area (Å²) in [4.78, 5) is 25.1. The number of carbonyl (C=O) groups excluding carboxylic acids is 1. The smallest absolute Gasteiger partial charge is 0.276 e. The number of nitrogens with one attached hydrogen (secondary N) is 1. The fraction of sp³-hybridized carbons (Fsp3) is 0.381. The molecule has 0 saturated carbocycles. The van der Waals surface area contributed by atoms with Gasteiger partial charge >= 0.3 is 0 Å². The molecule has 2 aromatic heterocycles. The molecule has 0 fully saturated rings. The Morgan fingerprint density at radius 2 is 1.96 bits per heavy atom. The van der Waals surface area contributed by atoms with Crippen molar-refractivity contribution in [3.05, 3.63) is 63.6 Å². The molecule has 0 saturated heterocycles. The van der Waals surface area contributed by atoms with Gasteiger partial charge in [0.05, 0.1) is 18.1 Å². The molecule has 1 unspecified atom stereocenters. The molecule has 3 aromatic rings. The Labute approximate surface area is 163 Å². The first-order valence-electron chi connectivity index (χ1n) is 9.41. The Kier molecular flexibility index (Phi) is 5.63. The molecule has 1 aromatic carbocycles. The van der Waals surface area contributed by atoms with Crippen LogP contribution >= 0.6 is 0 Å². The lowest BCUT2D eigenvalue weighted by Crippen LogP contribution is -2.37. The second kappa shape index (κ2) is 7.96. The van der Waals surface area contributed by atoms with Crippen LogP contribution in [0.4, 0.5) is 4.39 Å². The number of fused-ring (bicyclic) bond motifs is 1. The maximum absolute atomic E-state index is 14.1. The first-order valence-corrected chi connectivity index (χ1v) is 9.41. The SMILES string of the molecule is CCC(C)NC(=O)Cn1ncc2c(C)n(Cc3ccccc3F)c(C)c2c1=O. The van der Waals surface area contributed by atoms with Crippen molar-refractivity contribution in [3.63, 3.8) is 0 Å². The zero-order valence-electron chi connectivity index (χ0n) is 16.6. The number of hydrogen-bond donors (Lipinski definition) is 1. The van der Waals surface area contributed by atoms with Crippen LogP contribution in [0.3, 0.4) is 0 Å². The van der Waals surface area contributed by atoms with Crippen molar-refractivity contribution < 1.29 is 9.18 Å². The zero-order valence-corrected chi connectivity index (χ0v) is 16.6. The van der Waals surface area contributed by atoms with Gasteiger partial charge in [0.1, 0.15) is 12.4 Å². The highest BCUT2D eigenvalue weighted by atomic mass is 19.1. The summed E-state index contributed by atoms with van der Waals surface area (Å²) in [5, 5.41) is 8.25. The topological polar surface area (TPSA) is 68.9 Å². The summed E-state index contributed by atoms with van der Waals surface area (Å²) in [5.74, 6) is -0.528. The van der Waals surface area contributed by atoms with Crippen LogP contribution in [-0.4, -0.2) is 26.3 Å². The number of benzene rings is 1. The molecular weight excluding hydrogens is 359 g/mol. The monoisotopic (exact) mass is 384 g/mol. The minimum absolute atomic E-state index is 0.0396. The number of rotatable bonds is 6. The first-order chi connectivity index (χ1) is 13.3. The van der Waals surface area contributed by atoms with Crippen LogP contribution in [0.25, 0.3) is 10.8 Å². The van der Waals surface area contributed by atoms with Gasteiger partial charge in [-0.1, -0.05) is 25.1 Å². The summed E-state index contributed by atoms with van der Waals surface area (Å²) >= 11 is 0. The summed E-state index contributed by atoms with van der Waals surface area (Å²) < 4.78 is 17.2. The predicted molar refractivity (Wildman–Crippen MR) is 107 cm³/mol. The van der Waals surface area contributed by atoms with Gasteiger partial charge in [0.15, 0.2) is 0 Å². The van der Waals surface area contributed by atoms with E-state index in [9.17, 15) is 14.0 Å². The van der Waals surface area contributed by atoms with Gasteiger partial charge in [-0.2, -0.15) is 5.10 Å². The molecule has 6 nitrogen and oxygen atoms in total.